The Balaban J connectivity index is 0.000000200. The number of anilines is 4. The van der Waals surface area contributed by atoms with Crippen molar-refractivity contribution in [3.8, 4) is 0 Å². The molecule has 0 radical (unpaired) electrons. The molecule has 0 aliphatic carbocycles. The number of piperazine rings is 2. The van der Waals surface area contributed by atoms with E-state index in [0.717, 1.165) is 33.9 Å². The molecule has 2 atom stereocenters. The van der Waals surface area contributed by atoms with Crippen LogP contribution < -0.4 is 20.0 Å². The van der Waals surface area contributed by atoms with E-state index in [9.17, 15) is 31.8 Å². The molecule has 4 aromatic carbocycles. The molecule has 356 valence electrons. The molecular weight excluding hydrogens is 925 g/mol. The lowest BCUT2D eigenvalue weighted by atomic mass is 9.98. The quantitative estimate of drug-likeness (QED) is 0.0983. The van der Waals surface area contributed by atoms with Gasteiger partial charge in [-0.15, -0.1) is 22.7 Å². The molecule has 8 rings (SSSR count). The van der Waals surface area contributed by atoms with Crippen molar-refractivity contribution in [3.05, 3.63) is 155 Å². The fourth-order valence-electron chi connectivity index (χ4n) is 8.32. The summed E-state index contributed by atoms with van der Waals surface area (Å²) in [5.74, 6) is -0.105. The molecule has 0 saturated carbocycles. The fraction of sp³-hybridized carbons (Fsp3) is 0.340. The van der Waals surface area contributed by atoms with Crippen LogP contribution in [0.5, 0.6) is 0 Å². The minimum atomic E-state index is -3.62. The molecule has 2 aliphatic heterocycles. The number of rotatable bonds is 14. The van der Waals surface area contributed by atoms with E-state index in [4.69, 9.17) is 0 Å². The Labute approximate surface area is 403 Å². The number of benzene rings is 4. The van der Waals surface area contributed by atoms with Gasteiger partial charge in [0.25, 0.3) is 20.0 Å². The van der Waals surface area contributed by atoms with Gasteiger partial charge in [-0.3, -0.25) is 4.79 Å². The Hall–Kier alpha value is -5.11. The predicted octanol–water partition coefficient (Wildman–Crippen LogP) is 7.88. The molecular formula is C50H60N6O7S4. The predicted molar refractivity (Wildman–Crippen MR) is 271 cm³/mol. The van der Waals surface area contributed by atoms with Crippen LogP contribution in [-0.2, 0) is 36.0 Å². The van der Waals surface area contributed by atoms with Gasteiger partial charge in [0.2, 0.25) is 5.91 Å². The van der Waals surface area contributed by atoms with Gasteiger partial charge in [-0.05, 0) is 110 Å². The molecule has 2 fully saturated rings. The molecule has 2 aliphatic rings. The van der Waals surface area contributed by atoms with Crippen LogP contribution in [0.1, 0.15) is 45.7 Å². The maximum Gasteiger partial charge on any atom is 0.252 e. The van der Waals surface area contributed by atoms with Crippen molar-refractivity contribution < 1.29 is 31.8 Å². The first-order valence-corrected chi connectivity index (χ1v) is 26.8. The number of amides is 1. The maximum absolute atomic E-state index is 13.3. The molecule has 2 aromatic heterocycles. The van der Waals surface area contributed by atoms with Crippen molar-refractivity contribution in [2.45, 2.75) is 66.3 Å². The van der Waals surface area contributed by atoms with Crippen LogP contribution >= 0.6 is 22.7 Å². The third-order valence-electron chi connectivity index (χ3n) is 12.0. The Kier molecular flexibility index (Phi) is 15.6. The van der Waals surface area contributed by atoms with E-state index in [1.165, 1.54) is 33.9 Å². The lowest BCUT2D eigenvalue weighted by Gasteiger charge is -2.43. The second-order valence-corrected chi connectivity index (χ2v) is 23.9. The average Bonchev–Trinajstić information content (AvgIpc) is 4.08. The van der Waals surface area contributed by atoms with Gasteiger partial charge >= 0.3 is 0 Å². The summed E-state index contributed by atoms with van der Waals surface area (Å²) in [4.78, 5) is 18.7. The molecule has 1 amide bonds. The van der Waals surface area contributed by atoms with E-state index in [0.29, 0.717) is 54.2 Å². The summed E-state index contributed by atoms with van der Waals surface area (Å²) < 4.78 is 56.7. The van der Waals surface area contributed by atoms with Crippen LogP contribution in [0.4, 0.5) is 22.7 Å². The summed E-state index contributed by atoms with van der Waals surface area (Å²) in [6.45, 7) is 12.0. The Morgan fingerprint density at radius 1 is 0.612 bits per heavy atom. The standard InChI is InChI=1S/C26H31N3O4S2.C24H29N3O3S2/c1-20(30)29(22-8-5-4-6-9-22)19-24-18-27(35(32,33)25-10-7-17-34-25)15-16-28(24)23-13-11-21(12-14-23)26(2,3)31;1-24(2,28)19-10-12-21(13-11-19)27-15-14-26(32(29,30)23-9-6-16-31-23)18-22(27)17-25-20-7-4-3-5-8-20/h4-14,17,24,31H,15-16,18-19H2,1-3H3;3-13,16,22,25,28H,14-15,17-18H2,1-2H3/t24-;22-/m10/s1. The molecule has 13 nitrogen and oxygen atoms in total. The topological polar surface area (TPSA) is 154 Å². The number of nitrogens with one attached hydrogen (secondary N) is 1. The number of thiophene rings is 2. The zero-order chi connectivity index (χ0) is 48.0. The summed E-state index contributed by atoms with van der Waals surface area (Å²) >= 11 is 2.46. The van der Waals surface area contributed by atoms with Gasteiger partial charge < -0.3 is 30.2 Å². The summed E-state index contributed by atoms with van der Waals surface area (Å²) in [7, 11) is -7.12. The third-order valence-corrected chi connectivity index (χ3v) is 18.5. The number of carbonyl (C=O) groups excluding carboxylic acids is 1. The van der Waals surface area contributed by atoms with Crippen LogP contribution in [-0.4, -0.2) is 106 Å². The van der Waals surface area contributed by atoms with E-state index >= 15 is 0 Å². The number of aliphatic hydroxyl groups is 2. The second-order valence-electron chi connectivity index (χ2n) is 17.7. The summed E-state index contributed by atoms with van der Waals surface area (Å²) in [5.41, 5.74) is 3.51. The largest absolute Gasteiger partial charge is 0.386 e. The smallest absolute Gasteiger partial charge is 0.252 e. The number of hydrogen-bond donors (Lipinski definition) is 3. The molecule has 6 aromatic rings. The lowest BCUT2D eigenvalue weighted by Crippen LogP contribution is -2.58. The van der Waals surface area contributed by atoms with Crippen LogP contribution in [0.25, 0.3) is 0 Å². The normalized spacial score (nSPS) is 17.7. The second kappa shape index (κ2) is 21.0. The number of sulfonamides is 2. The van der Waals surface area contributed by atoms with Gasteiger partial charge in [0.1, 0.15) is 8.42 Å². The fourth-order valence-corrected chi connectivity index (χ4v) is 13.5. The van der Waals surface area contributed by atoms with Gasteiger partial charge in [0.15, 0.2) is 0 Å². The van der Waals surface area contributed by atoms with Gasteiger partial charge in [-0.25, -0.2) is 16.8 Å². The van der Waals surface area contributed by atoms with E-state index in [2.05, 4.69) is 15.1 Å². The molecule has 4 heterocycles. The van der Waals surface area contributed by atoms with E-state index < -0.39 is 31.2 Å². The van der Waals surface area contributed by atoms with Crippen molar-refractivity contribution in [1.82, 2.24) is 8.61 Å². The summed E-state index contributed by atoms with van der Waals surface area (Å²) in [6.07, 6.45) is 0. The Bertz CT molecular complexity index is 2730. The van der Waals surface area contributed by atoms with Crippen molar-refractivity contribution in [3.63, 3.8) is 0 Å². The molecule has 2 saturated heterocycles. The highest BCUT2D eigenvalue weighted by atomic mass is 32.3. The van der Waals surface area contributed by atoms with Crippen molar-refractivity contribution in [1.29, 1.82) is 0 Å². The van der Waals surface area contributed by atoms with Crippen LogP contribution in [0.2, 0.25) is 0 Å². The van der Waals surface area contributed by atoms with Gasteiger partial charge in [-0.1, -0.05) is 72.8 Å². The lowest BCUT2D eigenvalue weighted by molar-refractivity contribution is -0.116. The van der Waals surface area contributed by atoms with Gasteiger partial charge in [0, 0.05) is 82.0 Å². The van der Waals surface area contributed by atoms with Crippen molar-refractivity contribution in [2.24, 2.45) is 0 Å². The minimum Gasteiger partial charge on any atom is -0.386 e. The highest BCUT2D eigenvalue weighted by Gasteiger charge is 2.37. The molecule has 67 heavy (non-hydrogen) atoms. The summed E-state index contributed by atoms with van der Waals surface area (Å²) in [5, 5.41) is 27.6. The molecule has 17 heteroatoms. The van der Waals surface area contributed by atoms with Crippen LogP contribution in [0.3, 0.4) is 0 Å². The zero-order valence-electron chi connectivity index (χ0n) is 38.5. The highest BCUT2D eigenvalue weighted by molar-refractivity contribution is 7.91. The molecule has 3 N–H and O–H groups in total. The minimum absolute atomic E-state index is 0.0494. The van der Waals surface area contributed by atoms with Gasteiger partial charge in [-0.2, -0.15) is 8.61 Å². The van der Waals surface area contributed by atoms with Crippen molar-refractivity contribution in [2.75, 3.05) is 72.4 Å². The number of para-hydroxylation sites is 2. The zero-order valence-corrected chi connectivity index (χ0v) is 41.7. The third kappa shape index (κ3) is 12.1. The highest BCUT2D eigenvalue weighted by Crippen LogP contribution is 2.32. The first kappa shape index (κ1) is 49.8. The first-order chi connectivity index (χ1) is 31.8. The van der Waals surface area contributed by atoms with Gasteiger partial charge in [0.05, 0.1) is 23.3 Å². The Morgan fingerprint density at radius 3 is 1.46 bits per heavy atom. The number of nitrogens with zero attached hydrogens (tertiary/aromatic N) is 5. The summed E-state index contributed by atoms with van der Waals surface area (Å²) in [6, 6.07) is 41.4. The van der Waals surface area contributed by atoms with E-state index in [-0.39, 0.29) is 24.5 Å². The van der Waals surface area contributed by atoms with E-state index in [1.807, 2.05) is 109 Å². The monoisotopic (exact) mass is 984 g/mol. The van der Waals surface area contributed by atoms with Crippen LogP contribution in [0, 0.1) is 0 Å². The SMILES string of the molecule is CC(=O)N(C[C@H]1CN(S(=O)(=O)c2cccs2)CCN1c1ccc(C(C)(C)O)cc1)c1ccccc1.CC(C)(O)c1ccc(N2CCN(S(=O)(=O)c3cccs3)C[C@@H]2CNc2ccccc2)cc1. The first-order valence-electron chi connectivity index (χ1n) is 22.2. The average molecular weight is 985 g/mol. The molecule has 0 spiro atoms. The Morgan fingerprint density at radius 2 is 1.04 bits per heavy atom. The van der Waals surface area contributed by atoms with E-state index in [1.54, 1.807) is 71.9 Å². The molecule has 0 unspecified atom stereocenters. The number of hydrogen-bond acceptors (Lipinski definition) is 12. The van der Waals surface area contributed by atoms with Crippen LogP contribution in [0.15, 0.2) is 153 Å². The van der Waals surface area contributed by atoms with Crippen molar-refractivity contribution >= 4 is 71.4 Å². The molecule has 0 bridgehead atoms. The maximum atomic E-state index is 13.3. The number of carbonyl (C=O) groups is 1.